The summed E-state index contributed by atoms with van der Waals surface area (Å²) in [7, 11) is 0. The molecule has 0 aliphatic rings. The number of thioether (sulfide) groups is 1. The molecular weight excluding hydrogens is 376 g/mol. The number of hydrogen-bond donors (Lipinski definition) is 0. The number of benzene rings is 2. The van der Waals surface area contributed by atoms with Crippen molar-refractivity contribution in [3.63, 3.8) is 0 Å². The second-order valence-electron chi connectivity index (χ2n) is 4.94. The van der Waals surface area contributed by atoms with Crippen molar-refractivity contribution < 1.29 is 4.79 Å². The van der Waals surface area contributed by atoms with E-state index in [9.17, 15) is 9.59 Å². The first-order valence-corrected chi connectivity index (χ1v) is 8.94. The van der Waals surface area contributed by atoms with Gasteiger partial charge in [-0.2, -0.15) is 0 Å². The number of aromatic nitrogens is 2. The number of rotatable bonds is 4. The Bertz CT molecular complexity index is 935. The van der Waals surface area contributed by atoms with Gasteiger partial charge in [0.2, 0.25) is 0 Å². The SMILES string of the molecule is CSc1nc2ccccc2c(=O)n1CC(=O)c1ccc(Br)cc1. The Morgan fingerprint density at radius 1 is 1.17 bits per heavy atom. The van der Waals surface area contributed by atoms with Crippen molar-refractivity contribution in [1.82, 2.24) is 9.55 Å². The molecule has 4 nitrogen and oxygen atoms in total. The van der Waals surface area contributed by atoms with Crippen LogP contribution in [-0.4, -0.2) is 21.6 Å². The summed E-state index contributed by atoms with van der Waals surface area (Å²) in [6.07, 6.45) is 1.84. The Morgan fingerprint density at radius 2 is 1.87 bits per heavy atom. The van der Waals surface area contributed by atoms with E-state index in [1.54, 1.807) is 30.3 Å². The lowest BCUT2D eigenvalue weighted by Gasteiger charge is -2.11. The van der Waals surface area contributed by atoms with Gasteiger partial charge in [0.1, 0.15) is 0 Å². The number of carbonyl (C=O) groups is 1. The molecule has 0 N–H and O–H groups in total. The largest absolute Gasteiger partial charge is 0.292 e. The number of ketones is 1. The minimum Gasteiger partial charge on any atom is -0.292 e. The molecule has 0 aliphatic carbocycles. The van der Waals surface area contributed by atoms with Gasteiger partial charge < -0.3 is 0 Å². The summed E-state index contributed by atoms with van der Waals surface area (Å²) in [4.78, 5) is 29.6. The van der Waals surface area contributed by atoms with Gasteiger partial charge in [-0.05, 0) is 30.5 Å². The van der Waals surface area contributed by atoms with Crippen LogP contribution >= 0.6 is 27.7 Å². The van der Waals surface area contributed by atoms with Crippen molar-refractivity contribution in [2.75, 3.05) is 6.26 Å². The van der Waals surface area contributed by atoms with Crippen LogP contribution < -0.4 is 5.56 Å². The number of Topliss-reactive ketones (excluding diaryl/α,β-unsaturated/α-hetero) is 1. The molecular formula is C17H13BrN2O2S. The average Bonchev–Trinajstić information content (AvgIpc) is 2.57. The van der Waals surface area contributed by atoms with E-state index in [0.717, 1.165) is 4.47 Å². The van der Waals surface area contributed by atoms with Crippen molar-refractivity contribution >= 4 is 44.4 Å². The van der Waals surface area contributed by atoms with Gasteiger partial charge >= 0.3 is 0 Å². The fourth-order valence-corrected chi connectivity index (χ4v) is 3.14. The maximum atomic E-state index is 12.7. The standard InChI is InChI=1S/C17H13BrN2O2S/c1-23-17-19-14-5-3-2-4-13(14)16(22)20(17)10-15(21)11-6-8-12(18)9-7-11/h2-9H,10H2,1H3. The van der Waals surface area contributed by atoms with Crippen LogP contribution in [0.25, 0.3) is 10.9 Å². The fourth-order valence-electron chi connectivity index (χ4n) is 2.31. The molecule has 6 heteroatoms. The monoisotopic (exact) mass is 388 g/mol. The summed E-state index contributed by atoms with van der Waals surface area (Å²) in [6, 6.07) is 14.3. The van der Waals surface area contributed by atoms with Crippen molar-refractivity contribution in [3.05, 3.63) is 68.9 Å². The molecule has 23 heavy (non-hydrogen) atoms. The van der Waals surface area contributed by atoms with Crippen LogP contribution in [0.3, 0.4) is 0 Å². The third kappa shape index (κ3) is 3.23. The lowest BCUT2D eigenvalue weighted by Crippen LogP contribution is -2.27. The molecule has 3 aromatic rings. The molecule has 116 valence electrons. The van der Waals surface area contributed by atoms with Crippen LogP contribution in [0.5, 0.6) is 0 Å². The fraction of sp³-hybridized carbons (Fsp3) is 0.118. The van der Waals surface area contributed by atoms with Crippen LogP contribution in [0.4, 0.5) is 0 Å². The summed E-state index contributed by atoms with van der Waals surface area (Å²) in [5.74, 6) is -0.119. The van der Waals surface area contributed by atoms with E-state index < -0.39 is 0 Å². The minimum atomic E-state index is -0.189. The maximum absolute atomic E-state index is 12.7. The smallest absolute Gasteiger partial charge is 0.262 e. The highest BCUT2D eigenvalue weighted by Gasteiger charge is 2.14. The van der Waals surface area contributed by atoms with E-state index in [-0.39, 0.29) is 17.9 Å². The first-order chi connectivity index (χ1) is 11.1. The third-order valence-electron chi connectivity index (χ3n) is 3.48. The number of carbonyl (C=O) groups excluding carboxylic acids is 1. The zero-order chi connectivity index (χ0) is 16.4. The van der Waals surface area contributed by atoms with E-state index >= 15 is 0 Å². The molecule has 2 aromatic carbocycles. The molecule has 0 atom stereocenters. The van der Waals surface area contributed by atoms with Crippen LogP contribution in [0.15, 0.2) is 63.0 Å². The average molecular weight is 389 g/mol. The van der Waals surface area contributed by atoms with E-state index in [1.807, 2.05) is 24.5 Å². The van der Waals surface area contributed by atoms with Gasteiger partial charge in [0, 0.05) is 10.0 Å². The molecule has 1 aromatic heterocycles. The number of para-hydroxylation sites is 1. The van der Waals surface area contributed by atoms with Crippen molar-refractivity contribution in [3.8, 4) is 0 Å². The van der Waals surface area contributed by atoms with E-state index in [0.29, 0.717) is 21.6 Å². The summed E-state index contributed by atoms with van der Waals surface area (Å²) in [5.41, 5.74) is 1.03. The second kappa shape index (κ2) is 6.68. The Balaban J connectivity index is 2.05. The highest BCUT2D eigenvalue weighted by Crippen LogP contribution is 2.16. The van der Waals surface area contributed by atoms with Crippen LogP contribution in [-0.2, 0) is 6.54 Å². The van der Waals surface area contributed by atoms with Gasteiger partial charge in [0.05, 0.1) is 17.4 Å². The maximum Gasteiger partial charge on any atom is 0.262 e. The van der Waals surface area contributed by atoms with Gasteiger partial charge in [-0.3, -0.25) is 14.2 Å². The Morgan fingerprint density at radius 3 is 2.57 bits per heavy atom. The highest BCUT2D eigenvalue weighted by molar-refractivity contribution is 9.10. The van der Waals surface area contributed by atoms with Gasteiger partial charge in [-0.15, -0.1) is 0 Å². The van der Waals surface area contributed by atoms with E-state index in [4.69, 9.17) is 0 Å². The molecule has 0 unspecified atom stereocenters. The number of halogens is 1. The lowest BCUT2D eigenvalue weighted by atomic mass is 10.1. The summed E-state index contributed by atoms with van der Waals surface area (Å²) in [6.45, 7) is -0.0194. The molecule has 0 amide bonds. The van der Waals surface area contributed by atoms with Crippen molar-refractivity contribution in [2.24, 2.45) is 0 Å². The van der Waals surface area contributed by atoms with Crippen LogP contribution in [0, 0.1) is 0 Å². The van der Waals surface area contributed by atoms with Gasteiger partial charge in [-0.1, -0.05) is 52.0 Å². The van der Waals surface area contributed by atoms with Crippen LogP contribution in [0.2, 0.25) is 0 Å². The second-order valence-corrected chi connectivity index (χ2v) is 6.63. The Labute approximate surface area is 145 Å². The summed E-state index contributed by atoms with van der Waals surface area (Å²) in [5, 5.41) is 1.06. The zero-order valence-electron chi connectivity index (χ0n) is 12.3. The molecule has 3 rings (SSSR count). The van der Waals surface area contributed by atoms with E-state index in [2.05, 4.69) is 20.9 Å². The molecule has 0 fully saturated rings. The highest BCUT2D eigenvalue weighted by atomic mass is 79.9. The third-order valence-corrected chi connectivity index (χ3v) is 4.68. The predicted molar refractivity (Wildman–Crippen MR) is 96.3 cm³/mol. The minimum absolute atomic E-state index is 0.0194. The van der Waals surface area contributed by atoms with Crippen LogP contribution in [0.1, 0.15) is 10.4 Å². The lowest BCUT2D eigenvalue weighted by molar-refractivity contribution is 0.0967. The normalized spacial score (nSPS) is 10.9. The zero-order valence-corrected chi connectivity index (χ0v) is 14.7. The van der Waals surface area contributed by atoms with Crippen molar-refractivity contribution in [1.29, 1.82) is 0 Å². The Kier molecular flexibility index (Phi) is 4.63. The number of hydrogen-bond acceptors (Lipinski definition) is 4. The molecule has 0 saturated carbocycles. The molecule has 1 heterocycles. The molecule has 0 radical (unpaired) electrons. The Hall–Kier alpha value is -1.92. The molecule has 0 spiro atoms. The number of fused-ring (bicyclic) bond motifs is 1. The first kappa shape index (κ1) is 16.0. The molecule has 0 saturated heterocycles. The molecule has 0 bridgehead atoms. The summed E-state index contributed by atoms with van der Waals surface area (Å²) >= 11 is 4.70. The first-order valence-electron chi connectivity index (χ1n) is 6.92. The van der Waals surface area contributed by atoms with Gasteiger partial charge in [-0.25, -0.2) is 4.98 Å². The van der Waals surface area contributed by atoms with Crippen molar-refractivity contribution in [2.45, 2.75) is 11.7 Å². The predicted octanol–water partition coefficient (Wildman–Crippen LogP) is 3.76. The number of nitrogens with zero attached hydrogens (tertiary/aromatic N) is 2. The van der Waals surface area contributed by atoms with E-state index in [1.165, 1.54) is 16.3 Å². The summed E-state index contributed by atoms with van der Waals surface area (Å²) < 4.78 is 2.35. The van der Waals surface area contributed by atoms with Gasteiger partial charge in [0.25, 0.3) is 5.56 Å². The van der Waals surface area contributed by atoms with Gasteiger partial charge in [0.15, 0.2) is 10.9 Å². The topological polar surface area (TPSA) is 52.0 Å². The quantitative estimate of drug-likeness (QED) is 0.387. The molecule has 0 aliphatic heterocycles.